The predicted molar refractivity (Wildman–Crippen MR) is 64.4 cm³/mol. The van der Waals surface area contributed by atoms with Crippen LogP contribution in [-0.2, 0) is 0 Å². The first-order valence-electron chi connectivity index (χ1n) is 5.35. The second-order valence-corrected chi connectivity index (χ2v) is 3.55. The SMILES string of the molecule is CCNc1nc(C)cc(N(C)CCC#N)n1. The minimum absolute atomic E-state index is 0.496. The van der Waals surface area contributed by atoms with Crippen LogP contribution >= 0.6 is 0 Å². The van der Waals surface area contributed by atoms with Crippen LogP contribution in [0.5, 0.6) is 0 Å². The van der Waals surface area contributed by atoms with E-state index in [1.807, 2.05) is 31.9 Å². The highest BCUT2D eigenvalue weighted by atomic mass is 15.2. The third kappa shape index (κ3) is 3.39. The lowest BCUT2D eigenvalue weighted by Gasteiger charge is -2.17. The van der Waals surface area contributed by atoms with Crippen LogP contribution in [0.4, 0.5) is 11.8 Å². The molecule has 0 amide bonds. The van der Waals surface area contributed by atoms with E-state index in [1.54, 1.807) is 0 Å². The molecule has 0 aromatic carbocycles. The summed E-state index contributed by atoms with van der Waals surface area (Å²) in [5.74, 6) is 1.49. The van der Waals surface area contributed by atoms with E-state index in [0.29, 0.717) is 18.9 Å². The molecule has 1 aromatic heterocycles. The van der Waals surface area contributed by atoms with E-state index in [0.717, 1.165) is 18.1 Å². The Morgan fingerprint density at radius 1 is 1.50 bits per heavy atom. The fourth-order valence-corrected chi connectivity index (χ4v) is 1.32. The van der Waals surface area contributed by atoms with E-state index < -0.39 is 0 Å². The molecule has 0 saturated heterocycles. The molecular weight excluding hydrogens is 202 g/mol. The second kappa shape index (κ2) is 5.91. The summed E-state index contributed by atoms with van der Waals surface area (Å²) in [6, 6.07) is 4.04. The first-order chi connectivity index (χ1) is 7.67. The quantitative estimate of drug-likeness (QED) is 0.814. The van der Waals surface area contributed by atoms with Crippen LogP contribution < -0.4 is 10.2 Å². The maximum Gasteiger partial charge on any atom is 0.224 e. The molecule has 0 aliphatic carbocycles. The number of hydrogen-bond acceptors (Lipinski definition) is 5. The van der Waals surface area contributed by atoms with Gasteiger partial charge in [0.1, 0.15) is 5.82 Å². The van der Waals surface area contributed by atoms with Crippen LogP contribution in [0.1, 0.15) is 19.0 Å². The first-order valence-corrected chi connectivity index (χ1v) is 5.35. The smallest absolute Gasteiger partial charge is 0.224 e. The number of nitrogens with one attached hydrogen (secondary N) is 1. The Morgan fingerprint density at radius 3 is 2.88 bits per heavy atom. The van der Waals surface area contributed by atoms with Crippen molar-refractivity contribution in [3.8, 4) is 6.07 Å². The summed E-state index contributed by atoms with van der Waals surface area (Å²) < 4.78 is 0. The molecule has 0 radical (unpaired) electrons. The number of rotatable bonds is 5. The Kier molecular flexibility index (Phi) is 4.52. The maximum atomic E-state index is 8.53. The molecule has 1 heterocycles. The van der Waals surface area contributed by atoms with E-state index in [9.17, 15) is 0 Å². The lowest BCUT2D eigenvalue weighted by atomic mass is 10.3. The van der Waals surface area contributed by atoms with Crippen LogP contribution in [0.2, 0.25) is 0 Å². The lowest BCUT2D eigenvalue weighted by molar-refractivity contribution is 0.875. The highest BCUT2D eigenvalue weighted by molar-refractivity contribution is 5.44. The Labute approximate surface area is 96.1 Å². The molecule has 1 aromatic rings. The zero-order valence-electron chi connectivity index (χ0n) is 9.99. The molecule has 0 fully saturated rings. The van der Waals surface area contributed by atoms with Crippen molar-refractivity contribution in [2.45, 2.75) is 20.3 Å². The Morgan fingerprint density at radius 2 is 2.25 bits per heavy atom. The molecule has 0 aliphatic heterocycles. The van der Waals surface area contributed by atoms with Crippen LogP contribution in [-0.4, -0.2) is 30.1 Å². The van der Waals surface area contributed by atoms with E-state index in [2.05, 4.69) is 21.4 Å². The summed E-state index contributed by atoms with van der Waals surface area (Å²) in [5.41, 5.74) is 0.921. The predicted octanol–water partition coefficient (Wildman–Crippen LogP) is 1.57. The molecular formula is C11H17N5. The molecule has 86 valence electrons. The van der Waals surface area contributed by atoms with Crippen LogP contribution in [0.25, 0.3) is 0 Å². The number of nitrogens with zero attached hydrogens (tertiary/aromatic N) is 4. The largest absolute Gasteiger partial charge is 0.358 e. The topological polar surface area (TPSA) is 64.8 Å². The van der Waals surface area contributed by atoms with Gasteiger partial charge in [0.2, 0.25) is 5.95 Å². The molecule has 0 aliphatic rings. The lowest BCUT2D eigenvalue weighted by Crippen LogP contribution is -2.20. The van der Waals surface area contributed by atoms with Gasteiger partial charge in [-0.05, 0) is 13.8 Å². The highest BCUT2D eigenvalue weighted by Gasteiger charge is 2.05. The van der Waals surface area contributed by atoms with Gasteiger partial charge in [-0.1, -0.05) is 0 Å². The first kappa shape index (κ1) is 12.2. The number of anilines is 2. The van der Waals surface area contributed by atoms with Crippen molar-refractivity contribution in [2.75, 3.05) is 30.4 Å². The van der Waals surface area contributed by atoms with Gasteiger partial charge in [0.25, 0.3) is 0 Å². The number of aromatic nitrogens is 2. The van der Waals surface area contributed by atoms with Crippen molar-refractivity contribution in [2.24, 2.45) is 0 Å². The molecule has 5 nitrogen and oxygen atoms in total. The number of aryl methyl sites for hydroxylation is 1. The van der Waals surface area contributed by atoms with Crippen molar-refractivity contribution >= 4 is 11.8 Å². The highest BCUT2D eigenvalue weighted by Crippen LogP contribution is 2.13. The molecule has 0 unspecified atom stereocenters. The standard InChI is InChI=1S/C11H17N5/c1-4-13-11-14-9(2)8-10(15-11)16(3)7-5-6-12/h8H,4-5,7H2,1-3H3,(H,13,14,15). The fraction of sp³-hybridized carbons (Fsp3) is 0.545. The van der Waals surface area contributed by atoms with Gasteiger partial charge in [0.05, 0.1) is 12.5 Å². The molecule has 0 spiro atoms. The van der Waals surface area contributed by atoms with Crippen molar-refractivity contribution in [1.29, 1.82) is 5.26 Å². The van der Waals surface area contributed by atoms with Gasteiger partial charge in [0.15, 0.2) is 0 Å². The Hall–Kier alpha value is -1.83. The summed E-state index contributed by atoms with van der Waals surface area (Å²) in [6.45, 7) is 5.41. The average Bonchev–Trinajstić information content (AvgIpc) is 2.25. The molecule has 0 bridgehead atoms. The molecule has 5 heteroatoms. The zero-order chi connectivity index (χ0) is 12.0. The Bertz CT molecular complexity index is 382. The van der Waals surface area contributed by atoms with Crippen molar-refractivity contribution in [3.05, 3.63) is 11.8 Å². The zero-order valence-corrected chi connectivity index (χ0v) is 9.99. The molecule has 0 saturated carbocycles. The van der Waals surface area contributed by atoms with E-state index in [4.69, 9.17) is 5.26 Å². The fourth-order valence-electron chi connectivity index (χ4n) is 1.32. The summed E-state index contributed by atoms with van der Waals surface area (Å²) >= 11 is 0. The van der Waals surface area contributed by atoms with Gasteiger partial charge < -0.3 is 10.2 Å². The minimum atomic E-state index is 0.496. The number of hydrogen-bond donors (Lipinski definition) is 1. The van der Waals surface area contributed by atoms with E-state index in [-0.39, 0.29) is 0 Å². The molecule has 1 N–H and O–H groups in total. The molecule has 16 heavy (non-hydrogen) atoms. The van der Waals surface area contributed by atoms with Crippen molar-refractivity contribution in [1.82, 2.24) is 9.97 Å². The van der Waals surface area contributed by atoms with Crippen LogP contribution in [0.3, 0.4) is 0 Å². The average molecular weight is 219 g/mol. The van der Waals surface area contributed by atoms with Gasteiger partial charge >= 0.3 is 0 Å². The summed E-state index contributed by atoms with van der Waals surface area (Å²) in [6.07, 6.45) is 0.496. The van der Waals surface area contributed by atoms with Crippen LogP contribution in [0.15, 0.2) is 6.07 Å². The molecule has 0 atom stereocenters. The second-order valence-electron chi connectivity index (χ2n) is 3.55. The maximum absolute atomic E-state index is 8.53. The van der Waals surface area contributed by atoms with Gasteiger partial charge in [-0.2, -0.15) is 10.2 Å². The molecule has 1 rings (SSSR count). The monoisotopic (exact) mass is 219 g/mol. The van der Waals surface area contributed by atoms with Gasteiger partial charge in [-0.3, -0.25) is 0 Å². The van der Waals surface area contributed by atoms with E-state index in [1.165, 1.54) is 0 Å². The summed E-state index contributed by atoms with van der Waals surface area (Å²) in [5, 5.41) is 11.6. The van der Waals surface area contributed by atoms with Crippen molar-refractivity contribution in [3.63, 3.8) is 0 Å². The van der Waals surface area contributed by atoms with E-state index >= 15 is 0 Å². The normalized spacial score (nSPS) is 9.62. The summed E-state index contributed by atoms with van der Waals surface area (Å²) in [7, 11) is 1.93. The van der Waals surface area contributed by atoms with Crippen LogP contribution in [0, 0.1) is 18.3 Å². The third-order valence-corrected chi connectivity index (χ3v) is 2.13. The van der Waals surface area contributed by atoms with Gasteiger partial charge in [0, 0.05) is 31.9 Å². The van der Waals surface area contributed by atoms with Crippen molar-refractivity contribution < 1.29 is 0 Å². The van der Waals surface area contributed by atoms with Gasteiger partial charge in [-0.15, -0.1) is 0 Å². The third-order valence-electron chi connectivity index (χ3n) is 2.13. The Balaban J connectivity index is 2.82. The number of nitriles is 1. The minimum Gasteiger partial charge on any atom is -0.358 e. The summed E-state index contributed by atoms with van der Waals surface area (Å²) in [4.78, 5) is 10.6. The van der Waals surface area contributed by atoms with Gasteiger partial charge in [-0.25, -0.2) is 4.98 Å².